The Morgan fingerprint density at radius 1 is 1.47 bits per heavy atom. The predicted molar refractivity (Wildman–Crippen MR) is 62.9 cm³/mol. The van der Waals surface area contributed by atoms with Gasteiger partial charge in [-0.2, -0.15) is 0 Å². The third kappa shape index (κ3) is 3.65. The van der Waals surface area contributed by atoms with Crippen molar-refractivity contribution in [2.75, 3.05) is 5.73 Å². The van der Waals surface area contributed by atoms with E-state index in [1.54, 1.807) is 18.2 Å². The number of carbonyl (C=O) groups excluding carboxylic acids is 1. The van der Waals surface area contributed by atoms with Crippen molar-refractivity contribution in [1.82, 2.24) is 0 Å². The van der Waals surface area contributed by atoms with Crippen LogP contribution < -0.4 is 5.73 Å². The van der Waals surface area contributed by atoms with Crippen molar-refractivity contribution in [2.45, 2.75) is 19.3 Å². The van der Waals surface area contributed by atoms with Crippen LogP contribution >= 0.6 is 11.6 Å². The Balaban J connectivity index is 2.70. The highest BCUT2D eigenvalue weighted by Crippen LogP contribution is 2.18. The SMILES string of the molecule is C#CCCCC(=O)c1cc(N)cc(Cl)c1. The quantitative estimate of drug-likeness (QED) is 0.368. The number of carbonyl (C=O) groups is 1. The molecular formula is C12H12ClNO. The molecule has 15 heavy (non-hydrogen) atoms. The van der Waals surface area contributed by atoms with Gasteiger partial charge in [-0.15, -0.1) is 12.3 Å². The van der Waals surface area contributed by atoms with Gasteiger partial charge in [0.05, 0.1) is 0 Å². The fourth-order valence-corrected chi connectivity index (χ4v) is 1.51. The van der Waals surface area contributed by atoms with E-state index in [9.17, 15) is 4.79 Å². The minimum atomic E-state index is 0.0273. The Morgan fingerprint density at radius 3 is 2.80 bits per heavy atom. The van der Waals surface area contributed by atoms with Crippen LogP contribution in [0.15, 0.2) is 18.2 Å². The molecule has 78 valence electrons. The number of nitrogen functional groups attached to an aromatic ring is 1. The number of Topliss-reactive ketones (excluding diaryl/α,β-unsaturated/α-hetero) is 1. The standard InChI is InChI=1S/C12H12ClNO/c1-2-3-4-5-12(15)9-6-10(13)8-11(14)7-9/h1,6-8H,3-5,14H2. The van der Waals surface area contributed by atoms with Crippen LogP contribution in [0.5, 0.6) is 0 Å². The van der Waals surface area contributed by atoms with Crippen molar-refractivity contribution in [3.05, 3.63) is 28.8 Å². The van der Waals surface area contributed by atoms with Gasteiger partial charge in [0.2, 0.25) is 0 Å². The van der Waals surface area contributed by atoms with Crippen LogP contribution in [0.2, 0.25) is 5.02 Å². The van der Waals surface area contributed by atoms with Crippen LogP contribution in [0.4, 0.5) is 5.69 Å². The highest BCUT2D eigenvalue weighted by Gasteiger charge is 2.06. The van der Waals surface area contributed by atoms with Crippen molar-refractivity contribution in [2.24, 2.45) is 0 Å². The summed E-state index contributed by atoms with van der Waals surface area (Å²) < 4.78 is 0. The zero-order chi connectivity index (χ0) is 11.3. The number of benzene rings is 1. The maximum atomic E-state index is 11.6. The summed E-state index contributed by atoms with van der Waals surface area (Å²) in [6, 6.07) is 4.86. The minimum Gasteiger partial charge on any atom is -0.399 e. The van der Waals surface area contributed by atoms with Gasteiger partial charge in [0.1, 0.15) is 0 Å². The van der Waals surface area contributed by atoms with E-state index in [0.717, 1.165) is 0 Å². The van der Waals surface area contributed by atoms with Gasteiger partial charge in [-0.25, -0.2) is 0 Å². The van der Waals surface area contributed by atoms with Crippen LogP contribution in [0.25, 0.3) is 0 Å². The second kappa shape index (κ2) is 5.43. The lowest BCUT2D eigenvalue weighted by molar-refractivity contribution is 0.0980. The Labute approximate surface area is 94.4 Å². The van der Waals surface area contributed by atoms with Gasteiger partial charge < -0.3 is 5.73 Å². The van der Waals surface area contributed by atoms with Gasteiger partial charge >= 0.3 is 0 Å². The van der Waals surface area contributed by atoms with E-state index < -0.39 is 0 Å². The normalized spacial score (nSPS) is 9.60. The number of hydrogen-bond donors (Lipinski definition) is 1. The van der Waals surface area contributed by atoms with Crippen LogP contribution in [-0.2, 0) is 0 Å². The van der Waals surface area contributed by atoms with E-state index in [1.807, 2.05) is 0 Å². The molecule has 3 heteroatoms. The maximum Gasteiger partial charge on any atom is 0.163 e. The molecule has 0 fully saturated rings. The van der Waals surface area contributed by atoms with Crippen LogP contribution in [-0.4, -0.2) is 5.78 Å². The summed E-state index contributed by atoms with van der Waals surface area (Å²) >= 11 is 5.79. The summed E-state index contributed by atoms with van der Waals surface area (Å²) in [4.78, 5) is 11.6. The van der Waals surface area contributed by atoms with Crippen LogP contribution in [0, 0.1) is 12.3 Å². The third-order valence-corrected chi connectivity index (χ3v) is 2.19. The van der Waals surface area contributed by atoms with E-state index in [4.69, 9.17) is 23.8 Å². The van der Waals surface area contributed by atoms with Crippen molar-refractivity contribution < 1.29 is 4.79 Å². The number of anilines is 1. The average molecular weight is 222 g/mol. The van der Waals surface area contributed by atoms with E-state index in [2.05, 4.69) is 5.92 Å². The molecule has 0 aliphatic carbocycles. The molecule has 1 rings (SSSR count). The minimum absolute atomic E-state index is 0.0273. The van der Waals surface area contributed by atoms with Crippen molar-refractivity contribution in [3.8, 4) is 12.3 Å². The molecule has 0 atom stereocenters. The summed E-state index contributed by atoms with van der Waals surface area (Å²) in [5.41, 5.74) is 6.64. The first-order valence-electron chi connectivity index (χ1n) is 4.66. The van der Waals surface area contributed by atoms with Gasteiger partial charge in [0.25, 0.3) is 0 Å². The van der Waals surface area contributed by atoms with Crippen molar-refractivity contribution >= 4 is 23.1 Å². The summed E-state index contributed by atoms with van der Waals surface area (Å²) in [5.74, 6) is 2.52. The molecule has 0 amide bonds. The number of rotatable bonds is 4. The number of halogens is 1. The van der Waals surface area contributed by atoms with Gasteiger partial charge in [-0.3, -0.25) is 4.79 Å². The number of ketones is 1. The van der Waals surface area contributed by atoms with E-state index >= 15 is 0 Å². The molecule has 1 aromatic rings. The van der Waals surface area contributed by atoms with Gasteiger partial charge in [0.15, 0.2) is 5.78 Å². The van der Waals surface area contributed by atoms with Crippen LogP contribution in [0.1, 0.15) is 29.6 Å². The maximum absolute atomic E-state index is 11.6. The molecule has 0 spiro atoms. The molecule has 1 aromatic carbocycles. The third-order valence-electron chi connectivity index (χ3n) is 1.97. The van der Waals surface area contributed by atoms with Gasteiger partial charge in [-0.1, -0.05) is 11.6 Å². The Bertz CT molecular complexity index is 386. The molecule has 0 radical (unpaired) electrons. The van der Waals surface area contributed by atoms with Crippen molar-refractivity contribution in [1.29, 1.82) is 0 Å². The molecule has 0 aromatic heterocycles. The lowest BCUT2D eigenvalue weighted by atomic mass is 10.1. The molecule has 0 aliphatic rings. The van der Waals surface area contributed by atoms with Gasteiger partial charge in [-0.05, 0) is 24.6 Å². The van der Waals surface area contributed by atoms with Crippen LogP contribution in [0.3, 0.4) is 0 Å². The number of terminal acetylenes is 1. The highest BCUT2D eigenvalue weighted by molar-refractivity contribution is 6.31. The molecule has 2 N–H and O–H groups in total. The summed E-state index contributed by atoms with van der Waals surface area (Å²) in [6.07, 6.45) is 6.84. The summed E-state index contributed by atoms with van der Waals surface area (Å²) in [5, 5.41) is 0.482. The first-order valence-corrected chi connectivity index (χ1v) is 5.04. The Kier molecular flexibility index (Phi) is 4.20. The zero-order valence-electron chi connectivity index (χ0n) is 8.29. The lowest BCUT2D eigenvalue weighted by Crippen LogP contribution is -2.00. The Morgan fingerprint density at radius 2 is 2.20 bits per heavy atom. The second-order valence-corrected chi connectivity index (χ2v) is 3.69. The Hall–Kier alpha value is -1.46. The topological polar surface area (TPSA) is 43.1 Å². The van der Waals surface area contributed by atoms with E-state index in [0.29, 0.717) is 35.5 Å². The molecule has 0 unspecified atom stereocenters. The fourth-order valence-electron chi connectivity index (χ4n) is 1.27. The number of nitrogens with two attached hydrogens (primary N) is 1. The zero-order valence-corrected chi connectivity index (χ0v) is 9.05. The molecule has 0 saturated heterocycles. The lowest BCUT2D eigenvalue weighted by Gasteiger charge is -2.02. The molecule has 0 heterocycles. The molecule has 2 nitrogen and oxygen atoms in total. The average Bonchev–Trinajstić information content (AvgIpc) is 2.16. The summed E-state index contributed by atoms with van der Waals surface area (Å²) in [7, 11) is 0. The monoisotopic (exact) mass is 221 g/mol. The van der Waals surface area contributed by atoms with E-state index in [-0.39, 0.29) is 5.78 Å². The fraction of sp³-hybridized carbons (Fsp3) is 0.250. The van der Waals surface area contributed by atoms with E-state index in [1.165, 1.54) is 0 Å². The number of hydrogen-bond acceptors (Lipinski definition) is 2. The first-order chi connectivity index (χ1) is 7.13. The molecule has 0 saturated carbocycles. The largest absolute Gasteiger partial charge is 0.399 e. The molecule has 0 bridgehead atoms. The predicted octanol–water partition coefficient (Wildman–Crippen LogP) is 2.91. The molecular weight excluding hydrogens is 210 g/mol. The van der Waals surface area contributed by atoms with Gasteiger partial charge in [0, 0.05) is 29.1 Å². The first kappa shape index (κ1) is 11.6. The smallest absolute Gasteiger partial charge is 0.163 e. The van der Waals surface area contributed by atoms with Crippen molar-refractivity contribution in [3.63, 3.8) is 0 Å². The highest BCUT2D eigenvalue weighted by atomic mass is 35.5. The number of unbranched alkanes of at least 4 members (excludes halogenated alkanes) is 1. The molecule has 0 aliphatic heterocycles. The summed E-state index contributed by atoms with van der Waals surface area (Å²) in [6.45, 7) is 0. The second-order valence-electron chi connectivity index (χ2n) is 3.25.